The van der Waals surface area contributed by atoms with Crippen molar-refractivity contribution in [3.63, 3.8) is 0 Å². The molecule has 38 heavy (non-hydrogen) atoms. The van der Waals surface area contributed by atoms with Crippen molar-refractivity contribution in [1.82, 2.24) is 15.1 Å². The number of hydrogen-bond acceptors (Lipinski definition) is 5. The molecule has 1 aromatic carbocycles. The molecule has 2 aliphatic rings. The number of amides is 4. The molecule has 1 saturated carbocycles. The SMILES string of the molecule is CC(C)N1C[C@@H](C)[C@H](CN(C)C(=O)OC(C)(C)C)Oc2ccc(NC(=O)NC3CCCCC3)cc2CC1=O. The van der Waals surface area contributed by atoms with Crippen LogP contribution >= 0.6 is 0 Å². The molecule has 1 aliphatic carbocycles. The van der Waals surface area contributed by atoms with Crippen molar-refractivity contribution >= 4 is 23.7 Å². The van der Waals surface area contributed by atoms with E-state index in [0.29, 0.717) is 30.1 Å². The van der Waals surface area contributed by atoms with Gasteiger partial charge in [0.15, 0.2) is 0 Å². The second-order valence-corrected chi connectivity index (χ2v) is 12.1. The van der Waals surface area contributed by atoms with E-state index in [-0.39, 0.29) is 42.5 Å². The van der Waals surface area contributed by atoms with Crippen molar-refractivity contribution in [3.8, 4) is 5.75 Å². The molecular weight excluding hydrogens is 484 g/mol. The van der Waals surface area contributed by atoms with E-state index in [0.717, 1.165) is 25.7 Å². The maximum absolute atomic E-state index is 13.3. The van der Waals surface area contributed by atoms with E-state index in [1.165, 1.54) is 11.3 Å². The second kappa shape index (κ2) is 12.7. The second-order valence-electron chi connectivity index (χ2n) is 12.1. The first kappa shape index (κ1) is 29.6. The molecule has 0 aromatic heterocycles. The average Bonchev–Trinajstić information content (AvgIpc) is 2.86. The van der Waals surface area contributed by atoms with Gasteiger partial charge in [0, 0.05) is 42.8 Å². The fourth-order valence-corrected chi connectivity index (χ4v) is 4.98. The number of nitrogens with zero attached hydrogens (tertiary/aromatic N) is 2. The Morgan fingerprint density at radius 2 is 1.87 bits per heavy atom. The first-order chi connectivity index (χ1) is 17.8. The summed E-state index contributed by atoms with van der Waals surface area (Å²) in [5.41, 5.74) is 0.713. The highest BCUT2D eigenvalue weighted by molar-refractivity contribution is 5.90. The molecule has 1 aromatic rings. The molecule has 0 spiro atoms. The lowest BCUT2D eigenvalue weighted by atomic mass is 9.96. The molecule has 1 fully saturated rings. The summed E-state index contributed by atoms with van der Waals surface area (Å²) in [5, 5.41) is 5.99. The van der Waals surface area contributed by atoms with Crippen molar-refractivity contribution in [1.29, 1.82) is 0 Å². The lowest BCUT2D eigenvalue weighted by molar-refractivity contribution is -0.133. The standard InChI is InChI=1S/C29H46N4O5/c1-19(2)33-17-20(3)25(18-32(7)28(36)38-29(4,5)6)37-24-14-13-23(15-21(24)16-26(33)34)31-27(35)30-22-11-9-8-10-12-22/h13-15,19-20,22,25H,8-12,16-18H2,1-7H3,(H2,30,31,35)/t20-,25+/m1/s1. The molecule has 1 heterocycles. The number of fused-ring (bicyclic) bond motifs is 1. The first-order valence-corrected chi connectivity index (χ1v) is 13.9. The van der Waals surface area contributed by atoms with Crippen molar-refractivity contribution < 1.29 is 23.9 Å². The number of hydrogen-bond donors (Lipinski definition) is 2. The van der Waals surface area contributed by atoms with Gasteiger partial charge in [-0.15, -0.1) is 0 Å². The number of ether oxygens (including phenoxy) is 2. The Kier molecular flexibility index (Phi) is 9.90. The third kappa shape index (κ3) is 8.53. The number of nitrogens with one attached hydrogen (secondary N) is 2. The van der Waals surface area contributed by atoms with Gasteiger partial charge in [-0.25, -0.2) is 9.59 Å². The Hall–Kier alpha value is -2.97. The number of rotatable bonds is 5. The van der Waals surface area contributed by atoms with Crippen LogP contribution in [0.25, 0.3) is 0 Å². The van der Waals surface area contributed by atoms with Crippen molar-refractivity contribution in [2.75, 3.05) is 25.5 Å². The van der Waals surface area contributed by atoms with Crippen LogP contribution in [0, 0.1) is 5.92 Å². The van der Waals surface area contributed by atoms with Gasteiger partial charge in [-0.1, -0.05) is 26.2 Å². The zero-order valence-electron chi connectivity index (χ0n) is 24.1. The van der Waals surface area contributed by atoms with Gasteiger partial charge in [0.25, 0.3) is 0 Å². The Labute approximate surface area is 227 Å². The largest absolute Gasteiger partial charge is 0.488 e. The topological polar surface area (TPSA) is 100 Å². The van der Waals surface area contributed by atoms with Crippen molar-refractivity contribution in [2.45, 2.75) is 104 Å². The number of anilines is 1. The summed E-state index contributed by atoms with van der Waals surface area (Å²) < 4.78 is 12.0. The molecule has 1 aliphatic heterocycles. The fraction of sp³-hybridized carbons (Fsp3) is 0.690. The summed E-state index contributed by atoms with van der Waals surface area (Å²) in [5.74, 6) is 0.537. The Morgan fingerprint density at radius 3 is 2.50 bits per heavy atom. The Bertz CT molecular complexity index is 984. The number of likely N-dealkylation sites (N-methyl/N-ethyl adjacent to an activating group) is 1. The van der Waals surface area contributed by atoms with Gasteiger partial charge >= 0.3 is 12.1 Å². The minimum Gasteiger partial charge on any atom is -0.488 e. The normalized spacial score (nSPS) is 20.9. The molecule has 0 radical (unpaired) electrons. The van der Waals surface area contributed by atoms with E-state index in [4.69, 9.17) is 9.47 Å². The van der Waals surface area contributed by atoms with Gasteiger partial charge in [0.1, 0.15) is 17.5 Å². The number of carbonyl (C=O) groups excluding carboxylic acids is 3. The van der Waals surface area contributed by atoms with E-state index in [2.05, 4.69) is 10.6 Å². The van der Waals surface area contributed by atoms with Gasteiger partial charge in [-0.3, -0.25) is 4.79 Å². The molecule has 0 saturated heterocycles. The summed E-state index contributed by atoms with van der Waals surface area (Å²) >= 11 is 0. The van der Waals surface area contributed by atoms with E-state index in [9.17, 15) is 14.4 Å². The average molecular weight is 531 g/mol. The zero-order valence-corrected chi connectivity index (χ0v) is 24.1. The molecule has 0 bridgehead atoms. The van der Waals surface area contributed by atoms with Gasteiger partial charge in [0.05, 0.1) is 13.0 Å². The highest BCUT2D eigenvalue weighted by Crippen LogP contribution is 2.29. The molecule has 9 heteroatoms. The van der Waals surface area contributed by atoms with Gasteiger partial charge in [-0.05, 0) is 65.7 Å². The van der Waals surface area contributed by atoms with Crippen LogP contribution in [0.4, 0.5) is 15.3 Å². The molecule has 2 N–H and O–H groups in total. The van der Waals surface area contributed by atoms with Crippen molar-refractivity contribution in [3.05, 3.63) is 23.8 Å². The molecule has 3 rings (SSSR count). The Morgan fingerprint density at radius 1 is 1.18 bits per heavy atom. The van der Waals surface area contributed by atoms with Gasteiger partial charge < -0.3 is 29.9 Å². The van der Waals surface area contributed by atoms with Crippen LogP contribution in [-0.4, -0.2) is 71.8 Å². The van der Waals surface area contributed by atoms with Crippen LogP contribution < -0.4 is 15.4 Å². The smallest absolute Gasteiger partial charge is 0.410 e. The number of benzene rings is 1. The summed E-state index contributed by atoms with van der Waals surface area (Å²) in [6.07, 6.45) is 4.87. The van der Waals surface area contributed by atoms with Crippen LogP contribution in [0.15, 0.2) is 18.2 Å². The zero-order chi connectivity index (χ0) is 28.0. The number of carbonyl (C=O) groups is 3. The van der Waals surface area contributed by atoms with E-state index in [1.807, 2.05) is 52.5 Å². The minimum atomic E-state index is -0.601. The molecule has 212 valence electrons. The maximum atomic E-state index is 13.3. The van der Waals surface area contributed by atoms with Gasteiger partial charge in [-0.2, -0.15) is 0 Å². The van der Waals surface area contributed by atoms with E-state index >= 15 is 0 Å². The predicted molar refractivity (Wildman–Crippen MR) is 148 cm³/mol. The third-order valence-electron chi connectivity index (χ3n) is 7.10. The molecule has 0 unspecified atom stereocenters. The molecule has 4 amide bonds. The van der Waals surface area contributed by atoms with Crippen LogP contribution in [0.2, 0.25) is 0 Å². The summed E-state index contributed by atoms with van der Waals surface area (Å²) in [7, 11) is 1.70. The number of urea groups is 1. The highest BCUT2D eigenvalue weighted by atomic mass is 16.6. The van der Waals surface area contributed by atoms with Gasteiger partial charge in [0.2, 0.25) is 5.91 Å². The monoisotopic (exact) mass is 530 g/mol. The fourth-order valence-electron chi connectivity index (χ4n) is 4.98. The quantitative estimate of drug-likeness (QED) is 0.546. The summed E-state index contributed by atoms with van der Waals surface area (Å²) in [6, 6.07) is 5.39. The van der Waals surface area contributed by atoms with Crippen LogP contribution in [-0.2, 0) is 16.0 Å². The molecule has 9 nitrogen and oxygen atoms in total. The highest BCUT2D eigenvalue weighted by Gasteiger charge is 2.32. The van der Waals surface area contributed by atoms with E-state index < -0.39 is 11.7 Å². The molecule has 2 atom stereocenters. The van der Waals surface area contributed by atoms with E-state index in [1.54, 1.807) is 19.2 Å². The van der Waals surface area contributed by atoms with Crippen molar-refractivity contribution in [2.24, 2.45) is 5.92 Å². The van der Waals surface area contributed by atoms with Crippen LogP contribution in [0.5, 0.6) is 5.75 Å². The Balaban J connectivity index is 1.81. The summed E-state index contributed by atoms with van der Waals surface area (Å²) in [4.78, 5) is 42.0. The lowest BCUT2D eigenvalue weighted by Crippen LogP contribution is -2.47. The van der Waals surface area contributed by atoms with Crippen LogP contribution in [0.1, 0.15) is 79.2 Å². The minimum absolute atomic E-state index is 0.00153. The maximum Gasteiger partial charge on any atom is 0.410 e. The lowest BCUT2D eigenvalue weighted by Gasteiger charge is -2.34. The third-order valence-corrected chi connectivity index (χ3v) is 7.10. The summed E-state index contributed by atoms with van der Waals surface area (Å²) in [6.45, 7) is 12.3. The first-order valence-electron chi connectivity index (χ1n) is 13.9. The predicted octanol–water partition coefficient (Wildman–Crippen LogP) is 5.18. The molecular formula is C29H46N4O5. The van der Waals surface area contributed by atoms with Crippen LogP contribution in [0.3, 0.4) is 0 Å².